The van der Waals surface area contributed by atoms with Crippen LogP contribution in [0.3, 0.4) is 0 Å². The van der Waals surface area contributed by atoms with Crippen molar-refractivity contribution in [1.29, 1.82) is 0 Å². The number of carbonyl (C=O) groups is 1. The van der Waals surface area contributed by atoms with E-state index in [4.69, 9.17) is 4.52 Å². The number of carbonyl (C=O) groups excluding carboxylic acids is 1. The summed E-state index contributed by atoms with van der Waals surface area (Å²) in [4.78, 5) is 21.6. The van der Waals surface area contributed by atoms with Crippen LogP contribution in [0.25, 0.3) is 0 Å². The molecule has 0 aliphatic rings. The molecule has 1 unspecified atom stereocenters. The van der Waals surface area contributed by atoms with Gasteiger partial charge in [-0.2, -0.15) is 0 Å². The monoisotopic (exact) mass is 378 g/mol. The van der Waals surface area contributed by atoms with E-state index >= 15 is 0 Å². The lowest BCUT2D eigenvalue weighted by molar-refractivity contribution is -0.870. The molecule has 0 radical (unpaired) electrons. The lowest BCUT2D eigenvalue weighted by atomic mass is 10.1. The van der Waals surface area contributed by atoms with E-state index in [0.717, 1.165) is 12.8 Å². The smallest absolute Gasteiger partial charge is 0.329 e. The first-order chi connectivity index (χ1) is 11.7. The molecule has 150 valence electrons. The highest BCUT2D eigenvalue weighted by molar-refractivity contribution is 7.70. The third-order valence-corrected chi connectivity index (χ3v) is 5.72. The summed E-state index contributed by atoms with van der Waals surface area (Å²) in [5, 5.41) is 0. The standard InChI is InChI=1S/C19H40NO4P/c1-5-6-7-8-9-10-11-12-13-14-15-16-19(21)25(22,23)24-18-17-20(2,3)4/h5-18H2,1-4H3/p+1. The van der Waals surface area contributed by atoms with E-state index in [1.807, 2.05) is 21.1 Å². The normalized spacial score (nSPS) is 14.4. The van der Waals surface area contributed by atoms with Gasteiger partial charge in [0, 0.05) is 6.42 Å². The molecule has 0 aromatic rings. The van der Waals surface area contributed by atoms with Gasteiger partial charge in [0.1, 0.15) is 13.2 Å². The van der Waals surface area contributed by atoms with Crippen LogP contribution in [0.1, 0.15) is 84.0 Å². The maximum absolute atomic E-state index is 11.9. The Morgan fingerprint density at radius 3 is 1.76 bits per heavy atom. The van der Waals surface area contributed by atoms with Crippen LogP contribution in [0, 0.1) is 0 Å². The molecular weight excluding hydrogens is 337 g/mol. The molecule has 0 saturated heterocycles. The van der Waals surface area contributed by atoms with Crippen molar-refractivity contribution in [3.8, 4) is 0 Å². The summed E-state index contributed by atoms with van der Waals surface area (Å²) in [7, 11) is 1.81. The van der Waals surface area contributed by atoms with Crippen LogP contribution in [-0.2, 0) is 13.9 Å². The fourth-order valence-electron chi connectivity index (χ4n) is 2.59. The fourth-order valence-corrected chi connectivity index (χ4v) is 3.51. The Bertz CT molecular complexity index is 393. The van der Waals surface area contributed by atoms with Crippen molar-refractivity contribution in [3.05, 3.63) is 0 Å². The molecule has 0 bridgehead atoms. The second-order valence-electron chi connectivity index (χ2n) is 8.05. The summed E-state index contributed by atoms with van der Waals surface area (Å²) in [6, 6.07) is 0. The lowest BCUT2D eigenvalue weighted by Gasteiger charge is -2.23. The number of hydrogen-bond donors (Lipinski definition) is 1. The summed E-state index contributed by atoms with van der Waals surface area (Å²) in [6.45, 7) is 2.95. The van der Waals surface area contributed by atoms with Crippen LogP contribution in [0.15, 0.2) is 0 Å². The molecule has 0 aliphatic carbocycles. The summed E-state index contributed by atoms with van der Waals surface area (Å²) >= 11 is 0. The maximum Gasteiger partial charge on any atom is 0.394 e. The summed E-state index contributed by atoms with van der Waals surface area (Å²) in [5.41, 5.74) is -0.634. The molecule has 0 amide bonds. The number of rotatable bonds is 17. The van der Waals surface area contributed by atoms with E-state index in [0.29, 0.717) is 17.4 Å². The van der Waals surface area contributed by atoms with Crippen molar-refractivity contribution in [1.82, 2.24) is 0 Å². The molecular formula is C19H41NO4P+. The molecule has 0 fully saturated rings. The Balaban J connectivity index is 3.60. The number of nitrogens with zero attached hydrogens (tertiary/aromatic N) is 1. The van der Waals surface area contributed by atoms with Gasteiger partial charge in [0.05, 0.1) is 21.1 Å². The molecule has 0 heterocycles. The highest BCUT2D eigenvalue weighted by atomic mass is 31.2. The second-order valence-corrected chi connectivity index (χ2v) is 9.84. The molecule has 0 aromatic carbocycles. The molecule has 0 rings (SSSR count). The van der Waals surface area contributed by atoms with Gasteiger partial charge in [-0.25, -0.2) is 0 Å². The van der Waals surface area contributed by atoms with Crippen LogP contribution >= 0.6 is 7.60 Å². The first kappa shape index (κ1) is 24.8. The van der Waals surface area contributed by atoms with E-state index in [2.05, 4.69) is 6.92 Å². The third kappa shape index (κ3) is 15.7. The summed E-state index contributed by atoms with van der Waals surface area (Å²) in [6.07, 6.45) is 13.3. The van der Waals surface area contributed by atoms with Gasteiger partial charge < -0.3 is 9.38 Å². The highest BCUT2D eigenvalue weighted by Crippen LogP contribution is 2.44. The Hall–Kier alpha value is -0.220. The average molecular weight is 379 g/mol. The van der Waals surface area contributed by atoms with Gasteiger partial charge in [-0.15, -0.1) is 0 Å². The Kier molecular flexibility index (Phi) is 13.8. The van der Waals surface area contributed by atoms with Crippen molar-refractivity contribution in [2.24, 2.45) is 0 Å². The van der Waals surface area contributed by atoms with Gasteiger partial charge in [-0.3, -0.25) is 13.9 Å². The average Bonchev–Trinajstić information content (AvgIpc) is 2.50. The number of hydrogen-bond acceptors (Lipinski definition) is 3. The lowest BCUT2D eigenvalue weighted by Crippen LogP contribution is -2.37. The van der Waals surface area contributed by atoms with E-state index in [1.165, 1.54) is 51.4 Å². The summed E-state index contributed by atoms with van der Waals surface area (Å²) < 4.78 is 17.5. The zero-order valence-electron chi connectivity index (χ0n) is 17.0. The third-order valence-electron chi connectivity index (χ3n) is 4.34. The maximum atomic E-state index is 11.9. The Labute approximate surface area is 155 Å². The predicted molar refractivity (Wildman–Crippen MR) is 105 cm³/mol. The zero-order chi connectivity index (χ0) is 19.2. The molecule has 5 nitrogen and oxygen atoms in total. The van der Waals surface area contributed by atoms with Crippen molar-refractivity contribution in [2.45, 2.75) is 84.0 Å². The van der Waals surface area contributed by atoms with Crippen LogP contribution < -0.4 is 0 Å². The minimum Gasteiger partial charge on any atom is -0.329 e. The van der Waals surface area contributed by atoms with Crippen LogP contribution in [0.2, 0.25) is 0 Å². The van der Waals surface area contributed by atoms with Gasteiger partial charge in [0.2, 0.25) is 5.52 Å². The Morgan fingerprint density at radius 2 is 1.32 bits per heavy atom. The van der Waals surface area contributed by atoms with Crippen molar-refractivity contribution in [3.63, 3.8) is 0 Å². The quantitative estimate of drug-likeness (QED) is 0.217. The SMILES string of the molecule is CCCCCCCCCCCCCC(=O)P(=O)(O)OCC[N+](C)(C)C. The van der Waals surface area contributed by atoms with Crippen molar-refractivity contribution in [2.75, 3.05) is 34.3 Å². The van der Waals surface area contributed by atoms with Gasteiger partial charge >= 0.3 is 7.60 Å². The second kappa shape index (κ2) is 13.9. The van der Waals surface area contributed by atoms with Crippen molar-refractivity contribution < 1.29 is 23.3 Å². The van der Waals surface area contributed by atoms with Gasteiger partial charge in [-0.05, 0) is 6.42 Å². The molecule has 25 heavy (non-hydrogen) atoms. The molecule has 0 saturated carbocycles. The molecule has 1 atom stereocenters. The molecule has 6 heteroatoms. The molecule has 0 aliphatic heterocycles. The van der Waals surface area contributed by atoms with E-state index in [-0.39, 0.29) is 13.0 Å². The van der Waals surface area contributed by atoms with Gasteiger partial charge in [0.15, 0.2) is 0 Å². The minimum absolute atomic E-state index is 0.126. The van der Waals surface area contributed by atoms with Crippen LogP contribution in [0.4, 0.5) is 0 Å². The largest absolute Gasteiger partial charge is 0.394 e. The first-order valence-electron chi connectivity index (χ1n) is 10.0. The van der Waals surface area contributed by atoms with E-state index < -0.39 is 13.1 Å². The van der Waals surface area contributed by atoms with E-state index in [9.17, 15) is 14.3 Å². The van der Waals surface area contributed by atoms with Gasteiger partial charge in [0.25, 0.3) is 0 Å². The van der Waals surface area contributed by atoms with Crippen molar-refractivity contribution >= 4 is 13.1 Å². The Morgan fingerprint density at radius 1 is 0.880 bits per heavy atom. The molecule has 1 N–H and O–H groups in total. The highest BCUT2D eigenvalue weighted by Gasteiger charge is 2.30. The van der Waals surface area contributed by atoms with Gasteiger partial charge in [-0.1, -0.05) is 71.1 Å². The predicted octanol–water partition coefficient (Wildman–Crippen LogP) is 5.12. The van der Waals surface area contributed by atoms with Crippen LogP contribution in [0.5, 0.6) is 0 Å². The number of likely N-dealkylation sites (N-methyl/N-ethyl adjacent to an activating group) is 1. The number of quaternary nitrogens is 1. The first-order valence-corrected chi connectivity index (χ1v) is 11.6. The minimum atomic E-state index is -4.10. The fraction of sp³-hybridized carbons (Fsp3) is 0.947. The zero-order valence-corrected chi connectivity index (χ0v) is 17.9. The summed E-state index contributed by atoms with van der Waals surface area (Å²) in [5.74, 6) is 0. The van der Waals surface area contributed by atoms with E-state index in [1.54, 1.807) is 0 Å². The molecule has 0 aromatic heterocycles. The molecule has 0 spiro atoms. The number of unbranched alkanes of at least 4 members (excludes halogenated alkanes) is 10. The van der Waals surface area contributed by atoms with Crippen LogP contribution in [-0.4, -0.2) is 49.2 Å². The topological polar surface area (TPSA) is 63.6 Å².